The van der Waals surface area contributed by atoms with Crippen LogP contribution in [-0.4, -0.2) is 28.2 Å². The van der Waals surface area contributed by atoms with E-state index in [2.05, 4.69) is 10.1 Å². The maximum Gasteiger partial charge on any atom is 0.240 e. The third-order valence-electron chi connectivity index (χ3n) is 5.05. The lowest BCUT2D eigenvalue weighted by atomic mass is 9.98. The number of benzene rings is 2. The van der Waals surface area contributed by atoms with Crippen LogP contribution in [0.2, 0.25) is 5.15 Å². The molecule has 0 unspecified atom stereocenters. The number of aryl methyl sites for hydroxylation is 1. The van der Waals surface area contributed by atoms with Gasteiger partial charge in [-0.2, -0.15) is 5.10 Å². The Kier molecular flexibility index (Phi) is 5.24. The van der Waals surface area contributed by atoms with Gasteiger partial charge in [0.25, 0.3) is 0 Å². The molecule has 1 aliphatic rings. The highest BCUT2D eigenvalue weighted by Gasteiger charge is 2.33. The Hall–Kier alpha value is -2.92. The Morgan fingerprint density at radius 3 is 2.66 bits per heavy atom. The second kappa shape index (κ2) is 7.84. The normalized spacial score (nSPS) is 16.2. The van der Waals surface area contributed by atoms with Gasteiger partial charge < -0.3 is 4.74 Å². The fourth-order valence-corrected chi connectivity index (χ4v) is 3.87. The van der Waals surface area contributed by atoms with E-state index in [0.717, 1.165) is 33.5 Å². The first kappa shape index (κ1) is 19.4. The first-order chi connectivity index (χ1) is 14.0. The van der Waals surface area contributed by atoms with Crippen molar-refractivity contribution >= 4 is 34.1 Å². The third-order valence-corrected chi connectivity index (χ3v) is 5.36. The summed E-state index contributed by atoms with van der Waals surface area (Å²) in [6, 6.07) is 15.6. The Morgan fingerprint density at radius 1 is 1.21 bits per heavy atom. The van der Waals surface area contributed by atoms with E-state index >= 15 is 0 Å². The Balaban J connectivity index is 1.74. The molecule has 0 N–H and O–H groups in total. The van der Waals surface area contributed by atoms with Crippen LogP contribution < -0.4 is 4.74 Å². The second-order valence-corrected chi connectivity index (χ2v) is 7.51. The number of aromatic nitrogens is 1. The van der Waals surface area contributed by atoms with E-state index in [1.54, 1.807) is 0 Å². The number of hydrogen-bond donors (Lipinski definition) is 0. The SMILES string of the molecule is CCOc1ccc2nc(Cl)c([C@@H]3CC(c4ccc(C)cc4)=NN3C(C)=O)cc2c1. The van der Waals surface area contributed by atoms with Gasteiger partial charge in [0.15, 0.2) is 0 Å². The summed E-state index contributed by atoms with van der Waals surface area (Å²) in [4.78, 5) is 16.9. The molecule has 4 rings (SSSR count). The number of carbonyl (C=O) groups excluding carboxylic acids is 1. The molecule has 0 bridgehead atoms. The number of nitrogens with zero attached hydrogens (tertiary/aromatic N) is 3. The number of rotatable bonds is 4. The molecule has 1 aromatic heterocycles. The molecule has 2 heterocycles. The lowest BCUT2D eigenvalue weighted by molar-refractivity contribution is -0.130. The van der Waals surface area contributed by atoms with Gasteiger partial charge >= 0.3 is 0 Å². The van der Waals surface area contributed by atoms with E-state index in [1.807, 2.05) is 62.4 Å². The van der Waals surface area contributed by atoms with Gasteiger partial charge in [-0.15, -0.1) is 0 Å². The summed E-state index contributed by atoms with van der Waals surface area (Å²) in [6.07, 6.45) is 0.584. The summed E-state index contributed by atoms with van der Waals surface area (Å²) >= 11 is 6.54. The minimum Gasteiger partial charge on any atom is -0.494 e. The number of amides is 1. The second-order valence-electron chi connectivity index (χ2n) is 7.15. The molecular weight excluding hydrogens is 386 g/mol. The van der Waals surface area contributed by atoms with Crippen LogP contribution in [0.3, 0.4) is 0 Å². The number of pyridine rings is 1. The molecule has 148 valence electrons. The standard InChI is InChI=1S/C23H22ClN3O2/c1-4-29-18-9-10-20-17(11-18)12-19(23(24)25-20)22-13-21(26-27(22)15(3)28)16-7-5-14(2)6-8-16/h5-12,22H,4,13H2,1-3H3/t22-/m0/s1. The lowest BCUT2D eigenvalue weighted by Gasteiger charge is -2.21. The van der Waals surface area contributed by atoms with Crippen LogP contribution in [0.5, 0.6) is 5.75 Å². The van der Waals surface area contributed by atoms with Gasteiger partial charge in [0, 0.05) is 24.3 Å². The molecule has 0 fully saturated rings. The van der Waals surface area contributed by atoms with Crippen LogP contribution in [0.1, 0.15) is 43.0 Å². The summed E-state index contributed by atoms with van der Waals surface area (Å²) in [5.41, 5.74) is 4.62. The number of hydrogen-bond acceptors (Lipinski definition) is 4. The van der Waals surface area contributed by atoms with Crippen molar-refractivity contribution in [3.63, 3.8) is 0 Å². The van der Waals surface area contributed by atoms with Crippen LogP contribution >= 0.6 is 11.6 Å². The van der Waals surface area contributed by atoms with Gasteiger partial charge in [-0.3, -0.25) is 4.79 Å². The Morgan fingerprint density at radius 2 is 1.97 bits per heavy atom. The molecular formula is C23H22ClN3O2. The maximum atomic E-state index is 12.3. The number of halogens is 1. The molecule has 0 saturated carbocycles. The average molecular weight is 408 g/mol. The van der Waals surface area contributed by atoms with Crippen molar-refractivity contribution in [2.75, 3.05) is 6.61 Å². The van der Waals surface area contributed by atoms with Crippen LogP contribution in [0.15, 0.2) is 53.6 Å². The molecule has 0 radical (unpaired) electrons. The zero-order valence-electron chi connectivity index (χ0n) is 16.6. The van der Waals surface area contributed by atoms with Gasteiger partial charge in [0.1, 0.15) is 10.9 Å². The minimum atomic E-state index is -0.288. The highest BCUT2D eigenvalue weighted by molar-refractivity contribution is 6.30. The third kappa shape index (κ3) is 3.83. The highest BCUT2D eigenvalue weighted by Crippen LogP contribution is 2.37. The molecule has 5 nitrogen and oxygen atoms in total. The average Bonchev–Trinajstić information content (AvgIpc) is 3.14. The van der Waals surface area contributed by atoms with Crippen LogP contribution in [0, 0.1) is 6.92 Å². The summed E-state index contributed by atoms with van der Waals surface area (Å²) in [6.45, 7) is 6.10. The van der Waals surface area contributed by atoms with Crippen molar-refractivity contribution in [1.29, 1.82) is 0 Å². The van der Waals surface area contributed by atoms with Gasteiger partial charge in [0.05, 0.1) is 23.9 Å². The predicted octanol–water partition coefficient (Wildman–Crippen LogP) is 5.29. The van der Waals surface area contributed by atoms with Crippen molar-refractivity contribution in [3.8, 4) is 5.75 Å². The predicted molar refractivity (Wildman–Crippen MR) is 116 cm³/mol. The van der Waals surface area contributed by atoms with Gasteiger partial charge in [-0.1, -0.05) is 41.4 Å². The molecule has 0 spiro atoms. The van der Waals surface area contributed by atoms with E-state index < -0.39 is 0 Å². The van der Waals surface area contributed by atoms with Crippen LogP contribution in [-0.2, 0) is 4.79 Å². The fourth-order valence-electron chi connectivity index (χ4n) is 3.60. The van der Waals surface area contributed by atoms with E-state index in [0.29, 0.717) is 18.2 Å². The smallest absolute Gasteiger partial charge is 0.240 e. The minimum absolute atomic E-state index is 0.128. The van der Waals surface area contributed by atoms with Crippen molar-refractivity contribution in [2.45, 2.75) is 33.2 Å². The van der Waals surface area contributed by atoms with Gasteiger partial charge in [-0.05, 0) is 43.7 Å². The monoisotopic (exact) mass is 407 g/mol. The van der Waals surface area contributed by atoms with Gasteiger partial charge in [-0.25, -0.2) is 9.99 Å². The number of fused-ring (bicyclic) bond motifs is 1. The molecule has 1 atom stereocenters. The van der Waals surface area contributed by atoms with Crippen molar-refractivity contribution in [1.82, 2.24) is 9.99 Å². The number of carbonyl (C=O) groups is 1. The molecule has 1 amide bonds. The van der Waals surface area contributed by atoms with Crippen LogP contribution in [0.25, 0.3) is 10.9 Å². The number of hydrazone groups is 1. The van der Waals surface area contributed by atoms with E-state index in [-0.39, 0.29) is 11.9 Å². The lowest BCUT2D eigenvalue weighted by Crippen LogP contribution is -2.24. The van der Waals surface area contributed by atoms with E-state index in [1.165, 1.54) is 17.5 Å². The fraction of sp³-hybridized carbons (Fsp3) is 0.261. The van der Waals surface area contributed by atoms with Crippen molar-refractivity contribution in [2.24, 2.45) is 5.10 Å². The van der Waals surface area contributed by atoms with E-state index in [4.69, 9.17) is 16.3 Å². The van der Waals surface area contributed by atoms with Crippen LogP contribution in [0.4, 0.5) is 0 Å². The molecule has 6 heteroatoms. The molecule has 3 aromatic rings. The molecule has 0 aliphatic carbocycles. The van der Waals surface area contributed by atoms with E-state index in [9.17, 15) is 4.79 Å². The summed E-state index contributed by atoms with van der Waals surface area (Å²) < 4.78 is 5.61. The Bertz CT molecular complexity index is 1110. The largest absolute Gasteiger partial charge is 0.494 e. The first-order valence-corrected chi connectivity index (χ1v) is 10.0. The molecule has 1 aliphatic heterocycles. The molecule has 2 aromatic carbocycles. The summed E-state index contributed by atoms with van der Waals surface area (Å²) in [7, 11) is 0. The zero-order chi connectivity index (χ0) is 20.5. The summed E-state index contributed by atoms with van der Waals surface area (Å²) in [5.74, 6) is 0.651. The molecule has 0 saturated heterocycles. The first-order valence-electron chi connectivity index (χ1n) is 9.63. The maximum absolute atomic E-state index is 12.3. The summed E-state index contributed by atoms with van der Waals surface area (Å²) in [5, 5.41) is 7.42. The van der Waals surface area contributed by atoms with Crippen molar-refractivity contribution in [3.05, 3.63) is 70.4 Å². The molecule has 29 heavy (non-hydrogen) atoms. The number of ether oxygens (including phenoxy) is 1. The van der Waals surface area contributed by atoms with Gasteiger partial charge in [0.2, 0.25) is 5.91 Å². The topological polar surface area (TPSA) is 54.8 Å². The zero-order valence-corrected chi connectivity index (χ0v) is 17.4. The van der Waals surface area contributed by atoms with Crippen molar-refractivity contribution < 1.29 is 9.53 Å². The Labute approximate surface area is 175 Å². The highest BCUT2D eigenvalue weighted by atomic mass is 35.5. The quantitative estimate of drug-likeness (QED) is 0.552.